The Kier molecular flexibility index (Phi) is 6.37. The number of unbranched alkanes of at least 4 members (excludes halogenated alkanes) is 1. The van der Waals surface area contributed by atoms with Gasteiger partial charge < -0.3 is 15.2 Å². The first-order chi connectivity index (χ1) is 8.22. The van der Waals surface area contributed by atoms with Crippen LogP contribution in [0.25, 0.3) is 0 Å². The molecular formula is C13H20BrNO2. The number of hydrogen-bond donors (Lipinski definition) is 1. The van der Waals surface area contributed by atoms with E-state index in [1.54, 1.807) is 7.11 Å². The van der Waals surface area contributed by atoms with Crippen LogP contribution in [-0.4, -0.2) is 20.3 Å². The SMILES string of the molecule is CCCCOc1cc(Br)c(OC)cc1CCN. The highest BCUT2D eigenvalue weighted by molar-refractivity contribution is 9.10. The van der Waals surface area contributed by atoms with Gasteiger partial charge in [-0.05, 0) is 53.0 Å². The molecule has 0 saturated carbocycles. The molecule has 17 heavy (non-hydrogen) atoms. The van der Waals surface area contributed by atoms with E-state index in [1.807, 2.05) is 12.1 Å². The van der Waals surface area contributed by atoms with Gasteiger partial charge in [0.1, 0.15) is 11.5 Å². The van der Waals surface area contributed by atoms with E-state index in [-0.39, 0.29) is 0 Å². The topological polar surface area (TPSA) is 44.5 Å². The van der Waals surface area contributed by atoms with Gasteiger partial charge in [-0.15, -0.1) is 0 Å². The van der Waals surface area contributed by atoms with E-state index in [2.05, 4.69) is 22.9 Å². The van der Waals surface area contributed by atoms with Gasteiger partial charge in [0, 0.05) is 0 Å². The first kappa shape index (κ1) is 14.3. The Morgan fingerprint density at radius 1 is 1.29 bits per heavy atom. The van der Waals surface area contributed by atoms with Crippen molar-refractivity contribution in [2.24, 2.45) is 5.73 Å². The van der Waals surface area contributed by atoms with Crippen molar-refractivity contribution in [3.63, 3.8) is 0 Å². The third kappa shape index (κ3) is 4.21. The molecule has 0 radical (unpaired) electrons. The molecule has 0 aromatic heterocycles. The second-order valence-corrected chi connectivity index (χ2v) is 4.69. The Bertz CT molecular complexity index is 356. The molecule has 1 aromatic carbocycles. The van der Waals surface area contributed by atoms with E-state index in [0.29, 0.717) is 6.54 Å². The molecule has 0 bridgehead atoms. The highest BCUT2D eigenvalue weighted by atomic mass is 79.9. The van der Waals surface area contributed by atoms with E-state index in [4.69, 9.17) is 15.2 Å². The lowest BCUT2D eigenvalue weighted by Crippen LogP contribution is -2.06. The Morgan fingerprint density at radius 2 is 2.06 bits per heavy atom. The van der Waals surface area contributed by atoms with Crippen molar-refractivity contribution >= 4 is 15.9 Å². The largest absolute Gasteiger partial charge is 0.496 e. The fourth-order valence-corrected chi connectivity index (χ4v) is 2.03. The molecule has 3 nitrogen and oxygen atoms in total. The van der Waals surface area contributed by atoms with Crippen LogP contribution in [0.15, 0.2) is 16.6 Å². The quantitative estimate of drug-likeness (QED) is 0.787. The predicted molar refractivity (Wildman–Crippen MR) is 73.9 cm³/mol. The third-order valence-electron chi connectivity index (χ3n) is 2.50. The van der Waals surface area contributed by atoms with Crippen LogP contribution in [0.3, 0.4) is 0 Å². The summed E-state index contributed by atoms with van der Waals surface area (Å²) >= 11 is 3.47. The molecule has 1 rings (SSSR count). The molecule has 0 atom stereocenters. The predicted octanol–water partition coefficient (Wildman–Crippen LogP) is 3.14. The summed E-state index contributed by atoms with van der Waals surface area (Å²) in [7, 11) is 1.66. The summed E-state index contributed by atoms with van der Waals surface area (Å²) in [5.74, 6) is 1.72. The van der Waals surface area contributed by atoms with Crippen molar-refractivity contribution < 1.29 is 9.47 Å². The maximum Gasteiger partial charge on any atom is 0.133 e. The van der Waals surface area contributed by atoms with Gasteiger partial charge in [-0.1, -0.05) is 13.3 Å². The minimum Gasteiger partial charge on any atom is -0.496 e. The van der Waals surface area contributed by atoms with E-state index >= 15 is 0 Å². The van der Waals surface area contributed by atoms with Crippen molar-refractivity contribution in [1.29, 1.82) is 0 Å². The molecule has 0 aliphatic carbocycles. The molecule has 0 aliphatic heterocycles. The molecule has 1 aromatic rings. The van der Waals surface area contributed by atoms with Gasteiger partial charge >= 0.3 is 0 Å². The molecule has 0 amide bonds. The molecule has 96 valence electrons. The van der Waals surface area contributed by atoms with Gasteiger partial charge in [0.05, 0.1) is 18.2 Å². The number of methoxy groups -OCH3 is 1. The zero-order valence-electron chi connectivity index (χ0n) is 10.5. The number of rotatable bonds is 7. The number of hydrogen-bond acceptors (Lipinski definition) is 3. The van der Waals surface area contributed by atoms with Crippen molar-refractivity contribution in [3.05, 3.63) is 22.2 Å². The van der Waals surface area contributed by atoms with Gasteiger partial charge in [0.15, 0.2) is 0 Å². The summed E-state index contributed by atoms with van der Waals surface area (Å²) in [5.41, 5.74) is 6.71. The van der Waals surface area contributed by atoms with Crippen LogP contribution in [0.5, 0.6) is 11.5 Å². The zero-order chi connectivity index (χ0) is 12.7. The van der Waals surface area contributed by atoms with Gasteiger partial charge in [-0.2, -0.15) is 0 Å². The van der Waals surface area contributed by atoms with Gasteiger partial charge in [-0.3, -0.25) is 0 Å². The summed E-state index contributed by atoms with van der Waals surface area (Å²) in [6.45, 7) is 3.50. The van der Waals surface area contributed by atoms with Crippen LogP contribution < -0.4 is 15.2 Å². The molecule has 0 unspecified atom stereocenters. The van der Waals surface area contributed by atoms with Crippen molar-refractivity contribution in [1.82, 2.24) is 0 Å². The lowest BCUT2D eigenvalue weighted by molar-refractivity contribution is 0.305. The minimum atomic E-state index is 0.606. The van der Waals surface area contributed by atoms with E-state index in [0.717, 1.165) is 47.4 Å². The summed E-state index contributed by atoms with van der Waals surface area (Å²) in [4.78, 5) is 0. The smallest absolute Gasteiger partial charge is 0.133 e. The lowest BCUT2D eigenvalue weighted by atomic mass is 10.1. The summed E-state index contributed by atoms with van der Waals surface area (Å²) in [6.07, 6.45) is 2.99. The number of benzene rings is 1. The minimum absolute atomic E-state index is 0.606. The second-order valence-electron chi connectivity index (χ2n) is 3.84. The molecule has 0 spiro atoms. The molecule has 0 saturated heterocycles. The normalized spacial score (nSPS) is 10.4. The number of ether oxygens (including phenoxy) is 2. The van der Waals surface area contributed by atoms with Crippen LogP contribution in [0, 0.1) is 0 Å². The Hall–Kier alpha value is -0.740. The van der Waals surface area contributed by atoms with Crippen molar-refractivity contribution in [3.8, 4) is 11.5 Å². The average molecular weight is 302 g/mol. The fraction of sp³-hybridized carbons (Fsp3) is 0.538. The van der Waals surface area contributed by atoms with Crippen LogP contribution in [0.1, 0.15) is 25.3 Å². The third-order valence-corrected chi connectivity index (χ3v) is 3.12. The highest BCUT2D eigenvalue weighted by Crippen LogP contribution is 2.33. The Morgan fingerprint density at radius 3 is 2.65 bits per heavy atom. The van der Waals surface area contributed by atoms with Crippen LogP contribution in [-0.2, 0) is 6.42 Å². The van der Waals surface area contributed by atoms with Crippen molar-refractivity contribution in [2.45, 2.75) is 26.2 Å². The number of nitrogens with two attached hydrogens (primary N) is 1. The van der Waals surface area contributed by atoms with Gasteiger partial charge in [0.25, 0.3) is 0 Å². The Labute approximate surface area is 111 Å². The van der Waals surface area contributed by atoms with E-state index in [1.165, 1.54) is 0 Å². The van der Waals surface area contributed by atoms with Crippen LogP contribution in [0.2, 0.25) is 0 Å². The fourth-order valence-electron chi connectivity index (χ4n) is 1.55. The standard InChI is InChI=1S/C13H20BrNO2/c1-3-4-7-17-12-9-11(14)13(16-2)8-10(12)5-6-15/h8-9H,3-7,15H2,1-2H3. The lowest BCUT2D eigenvalue weighted by Gasteiger charge is -2.13. The van der Waals surface area contributed by atoms with Crippen LogP contribution >= 0.6 is 15.9 Å². The summed E-state index contributed by atoms with van der Waals surface area (Å²) in [5, 5.41) is 0. The monoisotopic (exact) mass is 301 g/mol. The molecular weight excluding hydrogens is 282 g/mol. The molecule has 4 heteroatoms. The van der Waals surface area contributed by atoms with E-state index < -0.39 is 0 Å². The second kappa shape index (κ2) is 7.56. The maximum atomic E-state index is 5.77. The maximum absolute atomic E-state index is 5.77. The average Bonchev–Trinajstić information content (AvgIpc) is 2.32. The molecule has 0 heterocycles. The van der Waals surface area contributed by atoms with Gasteiger partial charge in [-0.25, -0.2) is 0 Å². The summed E-state index contributed by atoms with van der Waals surface area (Å²) in [6, 6.07) is 3.94. The first-order valence-electron chi connectivity index (χ1n) is 5.92. The molecule has 0 aliphatic rings. The molecule has 2 N–H and O–H groups in total. The van der Waals surface area contributed by atoms with Gasteiger partial charge in [0.2, 0.25) is 0 Å². The first-order valence-corrected chi connectivity index (χ1v) is 6.71. The van der Waals surface area contributed by atoms with Crippen molar-refractivity contribution in [2.75, 3.05) is 20.3 Å². The highest BCUT2D eigenvalue weighted by Gasteiger charge is 2.09. The van der Waals surface area contributed by atoms with E-state index in [9.17, 15) is 0 Å². The molecule has 0 fully saturated rings. The number of halogens is 1. The summed E-state index contributed by atoms with van der Waals surface area (Å²) < 4.78 is 11.9. The Balaban J connectivity index is 2.88. The van der Waals surface area contributed by atoms with Crippen LogP contribution in [0.4, 0.5) is 0 Å². The zero-order valence-corrected chi connectivity index (χ0v) is 12.0.